The van der Waals surface area contributed by atoms with Gasteiger partial charge in [0.05, 0.1) is 6.33 Å². The summed E-state index contributed by atoms with van der Waals surface area (Å²) in [6.07, 6.45) is 3.34. The number of aliphatic carboxylic acids is 1. The van der Waals surface area contributed by atoms with Gasteiger partial charge in [0.2, 0.25) is 0 Å². The molecule has 0 aliphatic carbocycles. The molecule has 0 saturated heterocycles. The molecule has 0 aromatic carbocycles. The van der Waals surface area contributed by atoms with Crippen molar-refractivity contribution in [3.05, 3.63) is 18.2 Å². The Kier molecular flexibility index (Phi) is 6.64. The van der Waals surface area contributed by atoms with Gasteiger partial charge in [-0.15, -0.1) is 0 Å². The molecule has 1 aromatic rings. The lowest BCUT2D eigenvalue weighted by Gasteiger charge is -2.02. The smallest absolute Gasteiger partial charge is 0.320 e. The summed E-state index contributed by atoms with van der Waals surface area (Å²) in [5.74, 6) is -1.00. The number of nitrogens with one attached hydrogen (secondary N) is 1. The summed E-state index contributed by atoms with van der Waals surface area (Å²) < 4.78 is 0. The molecular weight excluding hydrogens is 178 g/mol. The number of aromatic amines is 1. The van der Waals surface area contributed by atoms with E-state index in [4.69, 9.17) is 10.8 Å². The zero-order valence-corrected chi connectivity index (χ0v) is 6.82. The molecule has 1 heterocycles. The zero-order valence-electron chi connectivity index (χ0n) is 6.82. The van der Waals surface area contributed by atoms with Gasteiger partial charge in [0.1, 0.15) is 6.04 Å². The van der Waals surface area contributed by atoms with Crippen LogP contribution in [0.1, 0.15) is 5.69 Å². The monoisotopic (exact) mass is 191 g/mol. The fraction of sp³-hybridized carbons (Fsp3) is 0.333. The van der Waals surface area contributed by atoms with Crippen molar-refractivity contribution < 1.29 is 20.9 Å². The van der Waals surface area contributed by atoms with Crippen LogP contribution in [-0.2, 0) is 11.2 Å². The SMILES string of the molecule is N[C@@H](Cc1cnc[nH]1)C(=O)O.O.O. The van der Waals surface area contributed by atoms with Crippen molar-refractivity contribution >= 4 is 5.97 Å². The number of aromatic nitrogens is 2. The first kappa shape index (κ1) is 14.1. The fourth-order valence-corrected chi connectivity index (χ4v) is 0.721. The van der Waals surface area contributed by atoms with Crippen molar-refractivity contribution in [2.75, 3.05) is 0 Å². The van der Waals surface area contributed by atoms with Gasteiger partial charge in [-0.3, -0.25) is 4.79 Å². The highest BCUT2D eigenvalue weighted by atomic mass is 16.4. The molecule has 0 saturated carbocycles. The Labute approximate surface area is 74.2 Å². The van der Waals surface area contributed by atoms with Crippen molar-refractivity contribution in [2.45, 2.75) is 12.5 Å². The van der Waals surface area contributed by atoms with Crippen molar-refractivity contribution in [3.8, 4) is 0 Å². The van der Waals surface area contributed by atoms with Gasteiger partial charge >= 0.3 is 5.97 Å². The second-order valence-electron chi connectivity index (χ2n) is 2.23. The van der Waals surface area contributed by atoms with Crippen molar-refractivity contribution in [1.82, 2.24) is 9.97 Å². The van der Waals surface area contributed by atoms with Crippen LogP contribution in [-0.4, -0.2) is 38.0 Å². The maximum absolute atomic E-state index is 10.3. The number of hydrogen-bond acceptors (Lipinski definition) is 3. The first-order chi connectivity index (χ1) is 5.20. The molecule has 0 spiro atoms. The second kappa shape index (κ2) is 6.12. The predicted molar refractivity (Wildman–Crippen MR) is 45.1 cm³/mol. The van der Waals surface area contributed by atoms with Crippen molar-refractivity contribution in [1.29, 1.82) is 0 Å². The summed E-state index contributed by atoms with van der Waals surface area (Å²) in [4.78, 5) is 16.8. The summed E-state index contributed by atoms with van der Waals surface area (Å²) in [5, 5.41) is 8.42. The van der Waals surface area contributed by atoms with Gasteiger partial charge in [-0.1, -0.05) is 0 Å². The topological polar surface area (TPSA) is 155 Å². The molecule has 0 fully saturated rings. The predicted octanol–water partition coefficient (Wildman–Crippen LogP) is -2.29. The summed E-state index contributed by atoms with van der Waals surface area (Å²) in [6.45, 7) is 0. The Morgan fingerprint density at radius 2 is 2.31 bits per heavy atom. The molecule has 1 aromatic heterocycles. The molecule has 0 bridgehead atoms. The van der Waals surface area contributed by atoms with Crippen LogP contribution in [0.15, 0.2) is 12.5 Å². The largest absolute Gasteiger partial charge is 0.480 e. The third kappa shape index (κ3) is 4.21. The van der Waals surface area contributed by atoms with Crippen LogP contribution < -0.4 is 5.73 Å². The summed E-state index contributed by atoms with van der Waals surface area (Å²) in [6, 6.07) is -0.851. The average molecular weight is 191 g/mol. The van der Waals surface area contributed by atoms with E-state index in [0.717, 1.165) is 5.69 Å². The molecule has 8 N–H and O–H groups in total. The van der Waals surface area contributed by atoms with Crippen LogP contribution in [0, 0.1) is 0 Å². The Balaban J connectivity index is 0. The van der Waals surface area contributed by atoms with Gasteiger partial charge in [-0.25, -0.2) is 4.98 Å². The molecule has 1 rings (SSSR count). The molecule has 0 aliphatic heterocycles. The highest BCUT2D eigenvalue weighted by Gasteiger charge is 2.11. The average Bonchev–Trinajstić information content (AvgIpc) is 2.39. The number of nitrogens with two attached hydrogens (primary N) is 1. The molecule has 7 heteroatoms. The quantitative estimate of drug-likeness (QED) is 0.491. The molecule has 1 atom stereocenters. The van der Waals surface area contributed by atoms with Gasteiger partial charge in [-0.05, 0) is 0 Å². The molecule has 0 amide bonds. The van der Waals surface area contributed by atoms with Crippen LogP contribution in [0.3, 0.4) is 0 Å². The molecule has 0 aliphatic rings. The molecule has 13 heavy (non-hydrogen) atoms. The van der Waals surface area contributed by atoms with Crippen molar-refractivity contribution in [2.24, 2.45) is 5.73 Å². The van der Waals surface area contributed by atoms with Crippen molar-refractivity contribution in [3.63, 3.8) is 0 Å². The van der Waals surface area contributed by atoms with E-state index in [0.29, 0.717) is 0 Å². The van der Waals surface area contributed by atoms with E-state index in [1.165, 1.54) is 6.33 Å². The van der Waals surface area contributed by atoms with E-state index in [1.807, 2.05) is 0 Å². The highest BCUT2D eigenvalue weighted by molar-refractivity contribution is 5.73. The first-order valence-electron chi connectivity index (χ1n) is 3.16. The van der Waals surface area contributed by atoms with E-state index in [1.54, 1.807) is 6.20 Å². The maximum atomic E-state index is 10.3. The van der Waals surface area contributed by atoms with Gasteiger partial charge in [-0.2, -0.15) is 0 Å². The van der Waals surface area contributed by atoms with Crippen LogP contribution in [0.5, 0.6) is 0 Å². The van der Waals surface area contributed by atoms with Gasteiger partial charge in [0, 0.05) is 18.3 Å². The van der Waals surface area contributed by atoms with E-state index >= 15 is 0 Å². The fourth-order valence-electron chi connectivity index (χ4n) is 0.721. The van der Waals surface area contributed by atoms with Crippen LogP contribution in [0.2, 0.25) is 0 Å². The first-order valence-corrected chi connectivity index (χ1v) is 3.16. The Morgan fingerprint density at radius 3 is 2.69 bits per heavy atom. The van der Waals surface area contributed by atoms with E-state index < -0.39 is 12.0 Å². The number of H-pyrrole nitrogens is 1. The normalized spacial score (nSPS) is 10.8. The minimum atomic E-state index is -1.00. The van der Waals surface area contributed by atoms with Crippen LogP contribution in [0.4, 0.5) is 0 Å². The molecular formula is C6H13N3O4. The summed E-state index contributed by atoms with van der Waals surface area (Å²) in [7, 11) is 0. The Bertz CT molecular complexity index is 236. The lowest BCUT2D eigenvalue weighted by atomic mass is 10.2. The number of imidazole rings is 1. The maximum Gasteiger partial charge on any atom is 0.320 e. The van der Waals surface area contributed by atoms with E-state index in [-0.39, 0.29) is 17.4 Å². The van der Waals surface area contributed by atoms with Crippen LogP contribution >= 0.6 is 0 Å². The molecule has 0 unspecified atom stereocenters. The second-order valence-corrected chi connectivity index (χ2v) is 2.23. The molecule has 76 valence electrons. The lowest BCUT2D eigenvalue weighted by Crippen LogP contribution is -2.32. The number of nitrogens with zero attached hydrogens (tertiary/aromatic N) is 1. The number of carboxylic acid groups (broad SMARTS) is 1. The van der Waals surface area contributed by atoms with Crippen LogP contribution in [0.25, 0.3) is 0 Å². The number of carbonyl (C=O) groups is 1. The van der Waals surface area contributed by atoms with E-state index in [2.05, 4.69) is 9.97 Å². The zero-order chi connectivity index (χ0) is 8.27. The molecule has 0 radical (unpaired) electrons. The third-order valence-electron chi connectivity index (χ3n) is 1.31. The number of carboxylic acids is 1. The van der Waals surface area contributed by atoms with Gasteiger partial charge in [0.15, 0.2) is 0 Å². The molecule has 7 nitrogen and oxygen atoms in total. The minimum absolute atomic E-state index is 0. The minimum Gasteiger partial charge on any atom is -0.480 e. The Morgan fingerprint density at radius 1 is 1.69 bits per heavy atom. The highest BCUT2D eigenvalue weighted by Crippen LogP contribution is 1.95. The lowest BCUT2D eigenvalue weighted by molar-refractivity contribution is -0.138. The van der Waals surface area contributed by atoms with E-state index in [9.17, 15) is 4.79 Å². The third-order valence-corrected chi connectivity index (χ3v) is 1.31. The van der Waals surface area contributed by atoms with Gasteiger partial charge < -0.3 is 26.8 Å². The summed E-state index contributed by atoms with van der Waals surface area (Å²) in [5.41, 5.74) is 6.00. The standard InChI is InChI=1S/C6H9N3O2.2H2O/c7-5(6(10)11)1-4-2-8-3-9-4;;/h2-3,5H,1,7H2,(H,8,9)(H,10,11);2*1H2/t5-;;/m0../s1. The number of hydrogen-bond donors (Lipinski definition) is 3. The number of rotatable bonds is 3. The summed E-state index contributed by atoms with van der Waals surface area (Å²) >= 11 is 0. The Hall–Kier alpha value is -1.44. The van der Waals surface area contributed by atoms with Gasteiger partial charge in [0.25, 0.3) is 0 Å².